The Morgan fingerprint density at radius 2 is 2.10 bits per heavy atom. The fraction of sp³-hybridized carbons (Fsp3) is 0.571. The molecular weight excluding hydrogens is 262 g/mol. The highest BCUT2D eigenvalue weighted by Crippen LogP contribution is 2.16. The number of carboxylic acids is 1. The molecule has 0 aliphatic carbocycles. The van der Waals surface area contributed by atoms with Crippen LogP contribution in [0.2, 0.25) is 0 Å². The van der Waals surface area contributed by atoms with Crippen LogP contribution in [-0.2, 0) is 4.74 Å². The van der Waals surface area contributed by atoms with Crippen LogP contribution in [0, 0.1) is 0 Å². The van der Waals surface area contributed by atoms with E-state index < -0.39 is 5.97 Å². The highest BCUT2D eigenvalue weighted by atomic mass is 16.5. The molecule has 1 aromatic heterocycles. The summed E-state index contributed by atoms with van der Waals surface area (Å²) in [6.07, 6.45) is 5.51. The maximum Gasteiger partial charge on any atom is 0.371 e. The van der Waals surface area contributed by atoms with Gasteiger partial charge in [0, 0.05) is 13.2 Å². The molecule has 110 valence electrons. The standard InChI is InChI=1S/C14H19NO5/c16-13(11-6-7-12(20-11)14(17)18)15-8-3-5-10-4-1-2-9-19-10/h6-7,10H,1-5,8-9H2,(H,15,16)(H,17,18). The topological polar surface area (TPSA) is 88.8 Å². The maximum atomic E-state index is 11.7. The van der Waals surface area contributed by atoms with Crippen LogP contribution in [-0.4, -0.2) is 36.2 Å². The van der Waals surface area contributed by atoms with E-state index in [1.54, 1.807) is 0 Å². The van der Waals surface area contributed by atoms with Crippen molar-refractivity contribution in [2.45, 2.75) is 38.2 Å². The van der Waals surface area contributed by atoms with Crippen molar-refractivity contribution in [3.63, 3.8) is 0 Å². The molecule has 1 unspecified atom stereocenters. The van der Waals surface area contributed by atoms with Crippen molar-refractivity contribution in [3.8, 4) is 0 Å². The van der Waals surface area contributed by atoms with Crippen molar-refractivity contribution >= 4 is 11.9 Å². The van der Waals surface area contributed by atoms with Gasteiger partial charge in [0.15, 0.2) is 5.76 Å². The normalized spacial score (nSPS) is 18.7. The quantitative estimate of drug-likeness (QED) is 0.779. The van der Waals surface area contributed by atoms with Gasteiger partial charge in [0.05, 0.1) is 6.10 Å². The number of nitrogens with one attached hydrogen (secondary N) is 1. The average Bonchev–Trinajstić information content (AvgIpc) is 2.94. The number of carboxylic acid groups (broad SMARTS) is 1. The Labute approximate surface area is 117 Å². The van der Waals surface area contributed by atoms with Crippen molar-refractivity contribution in [1.29, 1.82) is 0 Å². The predicted octanol–water partition coefficient (Wildman–Crippen LogP) is 2.06. The van der Waals surface area contributed by atoms with E-state index in [1.165, 1.54) is 18.6 Å². The first kappa shape index (κ1) is 14.6. The highest BCUT2D eigenvalue weighted by Gasteiger charge is 2.15. The van der Waals surface area contributed by atoms with Crippen molar-refractivity contribution < 1.29 is 23.8 Å². The van der Waals surface area contributed by atoms with Crippen molar-refractivity contribution in [2.24, 2.45) is 0 Å². The Hall–Kier alpha value is -1.82. The molecule has 6 heteroatoms. The van der Waals surface area contributed by atoms with E-state index in [9.17, 15) is 9.59 Å². The highest BCUT2D eigenvalue weighted by molar-refractivity contribution is 5.93. The van der Waals surface area contributed by atoms with Crippen LogP contribution in [0.25, 0.3) is 0 Å². The monoisotopic (exact) mass is 281 g/mol. The van der Waals surface area contributed by atoms with Gasteiger partial charge < -0.3 is 19.6 Å². The minimum Gasteiger partial charge on any atom is -0.475 e. The Balaban J connectivity index is 1.67. The minimum atomic E-state index is -1.18. The van der Waals surface area contributed by atoms with Crippen LogP contribution in [0.15, 0.2) is 16.5 Å². The summed E-state index contributed by atoms with van der Waals surface area (Å²) in [4.78, 5) is 22.3. The van der Waals surface area contributed by atoms with Crippen molar-refractivity contribution in [2.75, 3.05) is 13.2 Å². The molecule has 1 saturated heterocycles. The molecule has 1 aliphatic rings. The Bertz CT molecular complexity index is 462. The Morgan fingerprint density at radius 1 is 1.30 bits per heavy atom. The summed E-state index contributed by atoms with van der Waals surface area (Å²) in [6.45, 7) is 1.36. The van der Waals surface area contributed by atoms with Crippen LogP contribution in [0.5, 0.6) is 0 Å². The number of furan rings is 1. The van der Waals surface area contributed by atoms with Crippen LogP contribution in [0.1, 0.15) is 53.2 Å². The van der Waals surface area contributed by atoms with Gasteiger partial charge in [-0.2, -0.15) is 0 Å². The van der Waals surface area contributed by atoms with E-state index in [0.29, 0.717) is 12.6 Å². The lowest BCUT2D eigenvalue weighted by Gasteiger charge is -2.22. The number of aromatic carboxylic acids is 1. The van der Waals surface area contributed by atoms with Crippen LogP contribution in [0.3, 0.4) is 0 Å². The lowest BCUT2D eigenvalue weighted by molar-refractivity contribution is 0.0102. The predicted molar refractivity (Wildman–Crippen MR) is 70.8 cm³/mol. The van der Waals surface area contributed by atoms with E-state index in [-0.39, 0.29) is 17.4 Å². The molecule has 0 bridgehead atoms. The lowest BCUT2D eigenvalue weighted by Crippen LogP contribution is -2.26. The molecule has 0 radical (unpaired) electrons. The number of amides is 1. The zero-order valence-electron chi connectivity index (χ0n) is 11.3. The van der Waals surface area contributed by atoms with Gasteiger partial charge in [-0.1, -0.05) is 0 Å². The molecule has 1 amide bonds. The second-order valence-electron chi connectivity index (χ2n) is 4.86. The zero-order chi connectivity index (χ0) is 14.4. The molecule has 2 heterocycles. The van der Waals surface area contributed by atoms with Gasteiger partial charge in [-0.25, -0.2) is 4.79 Å². The van der Waals surface area contributed by atoms with Gasteiger partial charge >= 0.3 is 5.97 Å². The number of hydrogen-bond acceptors (Lipinski definition) is 4. The first-order valence-corrected chi connectivity index (χ1v) is 6.90. The second kappa shape index (κ2) is 7.09. The number of carbonyl (C=O) groups is 2. The molecule has 0 spiro atoms. The van der Waals surface area contributed by atoms with Crippen LogP contribution >= 0.6 is 0 Å². The first-order valence-electron chi connectivity index (χ1n) is 6.90. The third kappa shape index (κ3) is 4.09. The molecule has 1 aromatic rings. The number of hydrogen-bond donors (Lipinski definition) is 2. The smallest absolute Gasteiger partial charge is 0.371 e. The largest absolute Gasteiger partial charge is 0.475 e. The summed E-state index contributed by atoms with van der Waals surface area (Å²) in [7, 11) is 0. The SMILES string of the molecule is O=C(O)c1ccc(C(=O)NCCCC2CCCCO2)o1. The zero-order valence-corrected chi connectivity index (χ0v) is 11.3. The molecule has 1 atom stereocenters. The first-order chi connectivity index (χ1) is 9.66. The lowest BCUT2D eigenvalue weighted by atomic mass is 10.0. The summed E-state index contributed by atoms with van der Waals surface area (Å²) in [5.74, 6) is -1.78. The molecule has 6 nitrogen and oxygen atoms in total. The van der Waals surface area contributed by atoms with Crippen LogP contribution in [0.4, 0.5) is 0 Å². The van der Waals surface area contributed by atoms with E-state index in [4.69, 9.17) is 14.3 Å². The number of rotatable bonds is 6. The van der Waals surface area contributed by atoms with Crippen LogP contribution < -0.4 is 5.32 Å². The van der Waals surface area contributed by atoms with Gasteiger partial charge in [0.2, 0.25) is 5.76 Å². The van der Waals surface area contributed by atoms with Gasteiger partial charge in [0.25, 0.3) is 5.91 Å². The third-order valence-electron chi connectivity index (χ3n) is 3.30. The summed E-state index contributed by atoms with van der Waals surface area (Å²) in [5.41, 5.74) is 0. The number of ether oxygens (including phenoxy) is 1. The summed E-state index contributed by atoms with van der Waals surface area (Å²) < 4.78 is 10.5. The molecular formula is C14H19NO5. The fourth-order valence-electron chi connectivity index (χ4n) is 2.23. The summed E-state index contributed by atoms with van der Waals surface area (Å²) in [5, 5.41) is 11.4. The molecule has 0 saturated carbocycles. The Kier molecular flexibility index (Phi) is 5.17. The van der Waals surface area contributed by atoms with Gasteiger partial charge in [-0.05, 0) is 44.2 Å². The minimum absolute atomic E-state index is 0.0244. The van der Waals surface area contributed by atoms with Gasteiger partial charge in [-0.3, -0.25) is 4.79 Å². The second-order valence-corrected chi connectivity index (χ2v) is 4.86. The van der Waals surface area contributed by atoms with Crippen molar-refractivity contribution in [3.05, 3.63) is 23.7 Å². The Morgan fingerprint density at radius 3 is 2.75 bits per heavy atom. The summed E-state index contributed by atoms with van der Waals surface area (Å²) >= 11 is 0. The van der Waals surface area contributed by atoms with Gasteiger partial charge in [0.1, 0.15) is 0 Å². The van der Waals surface area contributed by atoms with E-state index in [1.807, 2.05) is 0 Å². The van der Waals surface area contributed by atoms with Gasteiger partial charge in [-0.15, -0.1) is 0 Å². The molecule has 2 N–H and O–H groups in total. The molecule has 1 fully saturated rings. The average molecular weight is 281 g/mol. The molecule has 0 aromatic carbocycles. The molecule has 2 rings (SSSR count). The molecule has 20 heavy (non-hydrogen) atoms. The van der Waals surface area contributed by atoms with E-state index in [0.717, 1.165) is 32.3 Å². The number of carbonyl (C=O) groups excluding carboxylic acids is 1. The fourth-order valence-corrected chi connectivity index (χ4v) is 2.23. The van der Waals surface area contributed by atoms with E-state index >= 15 is 0 Å². The van der Waals surface area contributed by atoms with E-state index in [2.05, 4.69) is 5.32 Å². The summed E-state index contributed by atoms with van der Waals surface area (Å²) in [6, 6.07) is 2.64. The maximum absolute atomic E-state index is 11.7. The third-order valence-corrected chi connectivity index (χ3v) is 3.30. The van der Waals surface area contributed by atoms with Crippen molar-refractivity contribution in [1.82, 2.24) is 5.32 Å². The molecule has 1 aliphatic heterocycles.